The van der Waals surface area contributed by atoms with Crippen LogP contribution in [0.5, 0.6) is 0 Å². The minimum atomic E-state index is -0.754. The summed E-state index contributed by atoms with van der Waals surface area (Å²) in [6.07, 6.45) is 1.39. The van der Waals surface area contributed by atoms with Crippen LogP contribution in [0.25, 0.3) is 0 Å². The second-order valence-corrected chi connectivity index (χ2v) is 4.99. The molecule has 2 fully saturated rings. The third-order valence-electron chi connectivity index (χ3n) is 3.48. The van der Waals surface area contributed by atoms with Crippen LogP contribution in [0, 0.1) is 0 Å². The summed E-state index contributed by atoms with van der Waals surface area (Å²) in [5.41, 5.74) is -1.39. The molecule has 86 valence electrons. The highest BCUT2D eigenvalue weighted by atomic mass is 16.7. The van der Waals surface area contributed by atoms with Crippen LogP contribution in [0.15, 0.2) is 0 Å². The molecule has 1 spiro atoms. The molecule has 0 aromatic rings. The predicted octanol–water partition coefficient (Wildman–Crippen LogP) is 1.28. The van der Waals surface area contributed by atoms with Gasteiger partial charge in [0.1, 0.15) is 5.60 Å². The highest BCUT2D eigenvalue weighted by Gasteiger charge is 2.77. The molecular weight excluding hydrogens is 196 g/mol. The standard InChI is InChI=1S/C11H18O4/c1-5-11(8(12)13-4)10(15-11)6-9(2,3)14-7-10/h5-7H2,1-4H3. The molecule has 0 N–H and O–H groups in total. The lowest BCUT2D eigenvalue weighted by Crippen LogP contribution is -2.35. The van der Waals surface area contributed by atoms with Crippen molar-refractivity contribution in [1.82, 2.24) is 0 Å². The first kappa shape index (κ1) is 10.9. The third kappa shape index (κ3) is 1.31. The zero-order valence-corrected chi connectivity index (χ0v) is 9.75. The SMILES string of the molecule is CCC1(C(=O)OC)OC12COC(C)(C)C2. The molecule has 15 heavy (non-hydrogen) atoms. The Morgan fingerprint density at radius 2 is 2.13 bits per heavy atom. The van der Waals surface area contributed by atoms with Gasteiger partial charge >= 0.3 is 5.97 Å². The zero-order chi connectivity index (χ0) is 11.3. The van der Waals surface area contributed by atoms with Gasteiger partial charge in [0, 0.05) is 6.42 Å². The molecular formula is C11H18O4. The average molecular weight is 214 g/mol. The first-order valence-electron chi connectivity index (χ1n) is 5.34. The first-order chi connectivity index (χ1) is 6.91. The van der Waals surface area contributed by atoms with Crippen LogP contribution in [-0.4, -0.2) is 36.5 Å². The number of methoxy groups -OCH3 is 1. The molecule has 2 aliphatic heterocycles. The van der Waals surface area contributed by atoms with Crippen LogP contribution in [0.1, 0.15) is 33.6 Å². The van der Waals surface area contributed by atoms with E-state index in [0.29, 0.717) is 13.0 Å². The van der Waals surface area contributed by atoms with Crippen molar-refractivity contribution in [3.63, 3.8) is 0 Å². The van der Waals surface area contributed by atoms with E-state index >= 15 is 0 Å². The number of epoxide rings is 1. The van der Waals surface area contributed by atoms with E-state index in [1.807, 2.05) is 20.8 Å². The lowest BCUT2D eigenvalue weighted by Gasteiger charge is -2.15. The molecule has 2 unspecified atom stereocenters. The van der Waals surface area contributed by atoms with Gasteiger partial charge in [0.2, 0.25) is 0 Å². The highest BCUT2D eigenvalue weighted by molar-refractivity contribution is 5.85. The predicted molar refractivity (Wildman–Crippen MR) is 53.5 cm³/mol. The molecule has 0 saturated carbocycles. The number of carbonyl (C=O) groups is 1. The van der Waals surface area contributed by atoms with Crippen molar-refractivity contribution >= 4 is 5.97 Å². The first-order valence-corrected chi connectivity index (χ1v) is 5.34. The number of esters is 1. The fraction of sp³-hybridized carbons (Fsp3) is 0.909. The fourth-order valence-corrected chi connectivity index (χ4v) is 2.67. The smallest absolute Gasteiger partial charge is 0.341 e. The number of rotatable bonds is 2. The number of hydrogen-bond acceptors (Lipinski definition) is 4. The van der Waals surface area contributed by atoms with Crippen molar-refractivity contribution in [2.24, 2.45) is 0 Å². The van der Waals surface area contributed by atoms with Gasteiger partial charge in [0.15, 0.2) is 5.60 Å². The Balaban J connectivity index is 2.19. The van der Waals surface area contributed by atoms with E-state index in [0.717, 1.165) is 6.42 Å². The summed E-state index contributed by atoms with van der Waals surface area (Å²) >= 11 is 0. The maximum absolute atomic E-state index is 11.7. The van der Waals surface area contributed by atoms with Gasteiger partial charge in [0.05, 0.1) is 19.3 Å². The van der Waals surface area contributed by atoms with E-state index in [1.165, 1.54) is 7.11 Å². The Bertz CT molecular complexity index is 299. The van der Waals surface area contributed by atoms with Gasteiger partial charge in [-0.05, 0) is 20.3 Å². The van der Waals surface area contributed by atoms with E-state index in [-0.39, 0.29) is 11.6 Å². The van der Waals surface area contributed by atoms with E-state index < -0.39 is 11.2 Å². The molecule has 2 heterocycles. The molecule has 4 nitrogen and oxygen atoms in total. The van der Waals surface area contributed by atoms with Gasteiger partial charge in [-0.15, -0.1) is 0 Å². The molecule has 4 heteroatoms. The van der Waals surface area contributed by atoms with E-state index in [9.17, 15) is 4.79 Å². The Hall–Kier alpha value is -0.610. The van der Waals surface area contributed by atoms with Gasteiger partial charge in [0.25, 0.3) is 0 Å². The molecule has 2 rings (SSSR count). The van der Waals surface area contributed by atoms with E-state index in [2.05, 4.69) is 0 Å². The summed E-state index contributed by atoms with van der Waals surface area (Å²) in [6, 6.07) is 0. The quantitative estimate of drug-likeness (QED) is 0.513. The molecule has 2 atom stereocenters. The lowest BCUT2D eigenvalue weighted by atomic mass is 9.85. The molecule has 0 aromatic heterocycles. The summed E-state index contributed by atoms with van der Waals surface area (Å²) in [7, 11) is 1.40. The summed E-state index contributed by atoms with van der Waals surface area (Å²) in [5.74, 6) is -0.272. The molecule has 2 saturated heterocycles. The molecule has 0 radical (unpaired) electrons. The summed E-state index contributed by atoms with van der Waals surface area (Å²) in [5, 5.41) is 0. The number of carbonyl (C=O) groups excluding carboxylic acids is 1. The Kier molecular flexibility index (Phi) is 2.14. The van der Waals surface area contributed by atoms with Crippen molar-refractivity contribution in [2.75, 3.05) is 13.7 Å². The minimum Gasteiger partial charge on any atom is -0.467 e. The summed E-state index contributed by atoms with van der Waals surface area (Å²) in [6.45, 7) is 6.46. The van der Waals surface area contributed by atoms with Crippen molar-refractivity contribution in [1.29, 1.82) is 0 Å². The molecule has 0 amide bonds. The van der Waals surface area contributed by atoms with Gasteiger partial charge in [-0.1, -0.05) is 6.92 Å². The van der Waals surface area contributed by atoms with Crippen molar-refractivity contribution in [3.05, 3.63) is 0 Å². The van der Waals surface area contributed by atoms with E-state index in [1.54, 1.807) is 0 Å². The molecule has 2 aliphatic rings. The Morgan fingerprint density at radius 3 is 2.53 bits per heavy atom. The molecule has 0 bridgehead atoms. The Labute approximate surface area is 89.9 Å². The van der Waals surface area contributed by atoms with Crippen LogP contribution in [0.2, 0.25) is 0 Å². The maximum Gasteiger partial charge on any atom is 0.341 e. The monoisotopic (exact) mass is 214 g/mol. The van der Waals surface area contributed by atoms with Crippen molar-refractivity contribution in [2.45, 2.75) is 50.4 Å². The zero-order valence-electron chi connectivity index (χ0n) is 9.75. The van der Waals surface area contributed by atoms with Crippen LogP contribution >= 0.6 is 0 Å². The largest absolute Gasteiger partial charge is 0.467 e. The van der Waals surface area contributed by atoms with E-state index in [4.69, 9.17) is 14.2 Å². The second-order valence-electron chi connectivity index (χ2n) is 4.99. The topological polar surface area (TPSA) is 48.1 Å². The maximum atomic E-state index is 11.7. The van der Waals surface area contributed by atoms with Gasteiger partial charge in [-0.3, -0.25) is 0 Å². The lowest BCUT2D eigenvalue weighted by molar-refractivity contribution is -0.147. The normalized spacial score (nSPS) is 41.9. The molecule has 0 aliphatic carbocycles. The van der Waals surface area contributed by atoms with Crippen molar-refractivity contribution < 1.29 is 19.0 Å². The number of hydrogen-bond donors (Lipinski definition) is 0. The number of ether oxygens (including phenoxy) is 3. The molecule has 0 aromatic carbocycles. The average Bonchev–Trinajstić information content (AvgIpc) is 2.71. The van der Waals surface area contributed by atoms with Gasteiger partial charge in [-0.25, -0.2) is 4.79 Å². The minimum absolute atomic E-state index is 0.203. The third-order valence-corrected chi connectivity index (χ3v) is 3.48. The van der Waals surface area contributed by atoms with Crippen molar-refractivity contribution in [3.8, 4) is 0 Å². The summed E-state index contributed by atoms with van der Waals surface area (Å²) < 4.78 is 16.1. The van der Waals surface area contributed by atoms with Crippen LogP contribution < -0.4 is 0 Å². The van der Waals surface area contributed by atoms with Crippen LogP contribution in [-0.2, 0) is 19.0 Å². The van der Waals surface area contributed by atoms with Gasteiger partial charge < -0.3 is 14.2 Å². The summed E-state index contributed by atoms with van der Waals surface area (Å²) in [4.78, 5) is 11.7. The Morgan fingerprint density at radius 1 is 1.47 bits per heavy atom. The second kappa shape index (κ2) is 2.95. The highest BCUT2D eigenvalue weighted by Crippen LogP contribution is 2.59. The van der Waals surface area contributed by atoms with Crippen LogP contribution in [0.4, 0.5) is 0 Å². The van der Waals surface area contributed by atoms with Crippen LogP contribution in [0.3, 0.4) is 0 Å². The van der Waals surface area contributed by atoms with Gasteiger partial charge in [-0.2, -0.15) is 0 Å². The fourth-order valence-electron chi connectivity index (χ4n) is 2.67.